The van der Waals surface area contributed by atoms with Crippen LogP contribution < -0.4 is 14.8 Å². The molecule has 1 N–H and O–H groups in total. The van der Waals surface area contributed by atoms with Crippen LogP contribution in [0.1, 0.15) is 18.1 Å². The van der Waals surface area contributed by atoms with E-state index in [1.54, 1.807) is 24.3 Å². The van der Waals surface area contributed by atoms with Crippen LogP contribution in [0.15, 0.2) is 48.5 Å². The molecule has 0 saturated carbocycles. The molecule has 0 aromatic heterocycles. The lowest BCUT2D eigenvalue weighted by Crippen LogP contribution is -2.41. The zero-order valence-electron chi connectivity index (χ0n) is 15.4. The van der Waals surface area contributed by atoms with Crippen molar-refractivity contribution >= 4 is 11.9 Å². The van der Waals surface area contributed by atoms with Gasteiger partial charge in [-0.3, -0.25) is 9.69 Å². The quantitative estimate of drug-likeness (QED) is 0.720. The number of hydrogen-bond acceptors (Lipinski definition) is 5. The van der Waals surface area contributed by atoms with Crippen molar-refractivity contribution in [3.8, 4) is 17.6 Å². The van der Waals surface area contributed by atoms with Crippen molar-refractivity contribution in [3.63, 3.8) is 0 Å². The van der Waals surface area contributed by atoms with Crippen LogP contribution in [0.3, 0.4) is 0 Å². The van der Waals surface area contributed by atoms with Crippen molar-refractivity contribution in [1.29, 1.82) is 5.26 Å². The van der Waals surface area contributed by atoms with E-state index in [1.165, 1.54) is 31.2 Å². The fourth-order valence-electron chi connectivity index (χ4n) is 2.95. The normalized spacial score (nSPS) is 18.5. The van der Waals surface area contributed by atoms with Crippen LogP contribution in [-0.2, 0) is 10.3 Å². The lowest BCUT2D eigenvalue weighted by atomic mass is 9.92. The van der Waals surface area contributed by atoms with Gasteiger partial charge in [-0.05, 0) is 48.9 Å². The van der Waals surface area contributed by atoms with Crippen LogP contribution in [0.25, 0.3) is 0 Å². The van der Waals surface area contributed by atoms with Gasteiger partial charge in [-0.2, -0.15) is 14.0 Å². The van der Waals surface area contributed by atoms with Crippen molar-refractivity contribution in [1.82, 2.24) is 10.2 Å². The Morgan fingerprint density at radius 3 is 2.31 bits per heavy atom. The number of rotatable bonds is 7. The molecule has 150 valence electrons. The summed E-state index contributed by atoms with van der Waals surface area (Å²) in [6.45, 7) is -1.32. The summed E-state index contributed by atoms with van der Waals surface area (Å²) in [6, 6.07) is 13.4. The van der Waals surface area contributed by atoms with E-state index < -0.39 is 24.1 Å². The Labute approximate surface area is 165 Å². The van der Waals surface area contributed by atoms with Crippen molar-refractivity contribution in [2.75, 3.05) is 13.2 Å². The monoisotopic (exact) mass is 401 g/mol. The fourth-order valence-corrected chi connectivity index (χ4v) is 2.95. The number of amides is 3. The SMILES string of the molecule is CC1(c2ccc(OC(F)F)cc2)NC(=O)N(CCOc2ccc(C#N)cc2)C1=O. The molecule has 0 spiro atoms. The zero-order chi connectivity index (χ0) is 21.0. The third-order valence-electron chi connectivity index (χ3n) is 4.50. The molecule has 29 heavy (non-hydrogen) atoms. The van der Waals surface area contributed by atoms with E-state index in [9.17, 15) is 18.4 Å². The van der Waals surface area contributed by atoms with E-state index in [0.29, 0.717) is 16.9 Å². The summed E-state index contributed by atoms with van der Waals surface area (Å²) in [6.07, 6.45) is 0. The molecule has 2 aromatic rings. The first-order valence-corrected chi connectivity index (χ1v) is 8.66. The van der Waals surface area contributed by atoms with E-state index in [4.69, 9.17) is 10.00 Å². The summed E-state index contributed by atoms with van der Waals surface area (Å²) in [7, 11) is 0. The van der Waals surface area contributed by atoms with Crippen LogP contribution >= 0.6 is 0 Å². The first-order valence-electron chi connectivity index (χ1n) is 8.66. The maximum Gasteiger partial charge on any atom is 0.387 e. The van der Waals surface area contributed by atoms with E-state index >= 15 is 0 Å². The number of halogens is 2. The molecular weight excluding hydrogens is 384 g/mol. The molecule has 1 heterocycles. The number of carbonyl (C=O) groups excluding carboxylic acids is 2. The van der Waals surface area contributed by atoms with Gasteiger partial charge in [-0.15, -0.1) is 0 Å². The van der Waals surface area contributed by atoms with Gasteiger partial charge in [-0.1, -0.05) is 12.1 Å². The molecule has 2 aromatic carbocycles. The Morgan fingerprint density at radius 1 is 1.10 bits per heavy atom. The standard InChI is InChI=1S/C20H17F2N3O4/c1-20(14-4-8-16(9-5-14)29-18(21)22)17(26)25(19(27)24-20)10-11-28-15-6-2-13(12-23)3-7-15/h2-9,18H,10-11H2,1H3,(H,24,27). The lowest BCUT2D eigenvalue weighted by Gasteiger charge is -2.22. The van der Waals surface area contributed by atoms with E-state index in [1.807, 2.05) is 6.07 Å². The number of carbonyl (C=O) groups is 2. The highest BCUT2D eigenvalue weighted by atomic mass is 19.3. The highest BCUT2D eigenvalue weighted by Gasteiger charge is 2.48. The molecule has 9 heteroatoms. The second-order valence-corrected chi connectivity index (χ2v) is 6.40. The number of nitriles is 1. The van der Waals surface area contributed by atoms with Crippen molar-refractivity contribution in [3.05, 3.63) is 59.7 Å². The number of alkyl halides is 2. The molecule has 3 amide bonds. The average molecular weight is 401 g/mol. The smallest absolute Gasteiger partial charge is 0.387 e. The first-order chi connectivity index (χ1) is 13.8. The maximum atomic E-state index is 12.8. The Bertz CT molecular complexity index is 942. The third kappa shape index (κ3) is 4.27. The van der Waals surface area contributed by atoms with Crippen molar-refractivity contribution in [2.45, 2.75) is 19.1 Å². The second kappa shape index (κ2) is 8.14. The minimum Gasteiger partial charge on any atom is -0.492 e. The highest BCUT2D eigenvalue weighted by Crippen LogP contribution is 2.30. The van der Waals surface area contributed by atoms with Gasteiger partial charge >= 0.3 is 12.6 Å². The number of benzene rings is 2. The van der Waals surface area contributed by atoms with Crippen molar-refractivity contribution < 1.29 is 27.8 Å². The summed E-state index contributed by atoms with van der Waals surface area (Å²) in [5.74, 6) is -0.0151. The van der Waals surface area contributed by atoms with Crippen LogP contribution in [0, 0.1) is 11.3 Å². The van der Waals surface area contributed by atoms with E-state index in [-0.39, 0.29) is 18.9 Å². The molecule has 0 aliphatic carbocycles. The summed E-state index contributed by atoms with van der Waals surface area (Å²) < 4.78 is 34.4. The van der Waals surface area contributed by atoms with Gasteiger partial charge in [0.1, 0.15) is 23.6 Å². The third-order valence-corrected chi connectivity index (χ3v) is 4.50. The highest BCUT2D eigenvalue weighted by molar-refractivity contribution is 6.07. The van der Waals surface area contributed by atoms with E-state index in [0.717, 1.165) is 4.90 Å². The van der Waals surface area contributed by atoms with Gasteiger partial charge in [0.25, 0.3) is 5.91 Å². The van der Waals surface area contributed by atoms with Gasteiger partial charge in [0.15, 0.2) is 0 Å². The molecule has 1 saturated heterocycles. The Hall–Kier alpha value is -3.67. The Balaban J connectivity index is 1.64. The summed E-state index contributed by atoms with van der Waals surface area (Å²) in [5, 5.41) is 11.4. The predicted molar refractivity (Wildman–Crippen MR) is 97.3 cm³/mol. The number of urea groups is 1. The van der Waals surface area contributed by atoms with Gasteiger partial charge in [0, 0.05) is 0 Å². The fraction of sp³-hybridized carbons (Fsp3) is 0.250. The lowest BCUT2D eigenvalue weighted by molar-refractivity contribution is -0.131. The number of ether oxygens (including phenoxy) is 2. The predicted octanol–water partition coefficient (Wildman–Crippen LogP) is 3.01. The van der Waals surface area contributed by atoms with Crippen LogP contribution in [-0.4, -0.2) is 36.6 Å². The van der Waals surface area contributed by atoms with Crippen molar-refractivity contribution in [2.24, 2.45) is 0 Å². The number of imide groups is 1. The molecule has 1 aliphatic rings. The molecule has 0 bridgehead atoms. The molecule has 3 rings (SSSR count). The van der Waals surface area contributed by atoms with Gasteiger partial charge in [0.05, 0.1) is 18.2 Å². The van der Waals surface area contributed by atoms with Gasteiger partial charge in [0.2, 0.25) is 0 Å². The van der Waals surface area contributed by atoms with Crippen LogP contribution in [0.5, 0.6) is 11.5 Å². The van der Waals surface area contributed by atoms with Crippen LogP contribution in [0.2, 0.25) is 0 Å². The largest absolute Gasteiger partial charge is 0.492 e. The average Bonchev–Trinajstić information content (AvgIpc) is 2.92. The van der Waals surface area contributed by atoms with Gasteiger partial charge in [-0.25, -0.2) is 4.79 Å². The maximum absolute atomic E-state index is 12.8. The molecule has 7 nitrogen and oxygen atoms in total. The zero-order valence-corrected chi connectivity index (χ0v) is 15.4. The molecular formula is C20H17F2N3O4. The Morgan fingerprint density at radius 2 is 1.72 bits per heavy atom. The molecule has 0 radical (unpaired) electrons. The number of nitrogens with zero attached hydrogens (tertiary/aromatic N) is 2. The van der Waals surface area contributed by atoms with Crippen LogP contribution in [0.4, 0.5) is 13.6 Å². The summed E-state index contributed by atoms with van der Waals surface area (Å²) >= 11 is 0. The minimum absolute atomic E-state index is 0.0207. The van der Waals surface area contributed by atoms with Gasteiger partial charge < -0.3 is 14.8 Å². The molecule has 1 fully saturated rings. The summed E-state index contributed by atoms with van der Waals surface area (Å²) in [5.41, 5.74) is -0.394. The molecule has 1 atom stereocenters. The summed E-state index contributed by atoms with van der Waals surface area (Å²) in [4.78, 5) is 26.2. The van der Waals surface area contributed by atoms with E-state index in [2.05, 4.69) is 10.1 Å². The minimum atomic E-state index is -2.95. The molecule has 1 unspecified atom stereocenters. The second-order valence-electron chi connectivity index (χ2n) is 6.40. The topological polar surface area (TPSA) is 91.7 Å². The molecule has 1 aliphatic heterocycles. The number of hydrogen-bond donors (Lipinski definition) is 1. The number of nitrogens with one attached hydrogen (secondary N) is 1. The Kier molecular flexibility index (Phi) is 5.64. The first kappa shape index (κ1) is 20.1.